The molecule has 2 nitrogen and oxygen atoms in total. The van der Waals surface area contributed by atoms with Gasteiger partial charge < -0.3 is 10.1 Å². The summed E-state index contributed by atoms with van der Waals surface area (Å²) in [6, 6.07) is 6.59. The third-order valence-electron chi connectivity index (χ3n) is 3.11. The van der Waals surface area contributed by atoms with Crippen molar-refractivity contribution in [1.82, 2.24) is 5.32 Å². The van der Waals surface area contributed by atoms with Gasteiger partial charge in [-0.25, -0.2) is 0 Å². The third-order valence-corrected chi connectivity index (χ3v) is 4.47. The van der Waals surface area contributed by atoms with E-state index in [1.165, 1.54) is 10.5 Å². The van der Waals surface area contributed by atoms with Crippen LogP contribution < -0.4 is 5.32 Å². The summed E-state index contributed by atoms with van der Waals surface area (Å²) in [5, 5.41) is 4.41. The minimum absolute atomic E-state index is 0.257. The van der Waals surface area contributed by atoms with Crippen LogP contribution in [0.3, 0.4) is 0 Å². The molecule has 0 aliphatic carbocycles. The quantitative estimate of drug-likeness (QED) is 0.887. The molecule has 1 heterocycles. The van der Waals surface area contributed by atoms with Crippen molar-refractivity contribution in [2.45, 2.75) is 37.3 Å². The highest BCUT2D eigenvalue weighted by Crippen LogP contribution is 2.37. The van der Waals surface area contributed by atoms with E-state index in [0.717, 1.165) is 30.3 Å². The molecule has 1 aliphatic heterocycles. The number of halogens is 1. The second-order valence-corrected chi connectivity index (χ2v) is 6.12. The van der Waals surface area contributed by atoms with E-state index >= 15 is 0 Å². The number of ether oxygens (including phenoxy) is 1. The first kappa shape index (κ1) is 14.2. The highest BCUT2D eigenvalue weighted by Gasteiger charge is 2.21. The van der Waals surface area contributed by atoms with Crippen molar-refractivity contribution in [1.29, 1.82) is 0 Å². The summed E-state index contributed by atoms with van der Waals surface area (Å²) >= 11 is 8.01. The maximum absolute atomic E-state index is 6.09. The second-order valence-electron chi connectivity index (χ2n) is 4.55. The first-order valence-electron chi connectivity index (χ1n) is 6.48. The smallest absolute Gasteiger partial charge is 0.0671 e. The van der Waals surface area contributed by atoms with Gasteiger partial charge in [0.15, 0.2) is 0 Å². The maximum atomic E-state index is 6.09. The van der Waals surface area contributed by atoms with Crippen LogP contribution in [0.4, 0.5) is 0 Å². The van der Waals surface area contributed by atoms with E-state index in [9.17, 15) is 0 Å². The fourth-order valence-electron chi connectivity index (χ4n) is 2.23. The molecule has 0 radical (unpaired) electrons. The molecule has 0 amide bonds. The Kier molecular flexibility index (Phi) is 5.37. The van der Waals surface area contributed by atoms with Crippen LogP contribution in [0, 0.1) is 0 Å². The normalized spacial score (nSPS) is 20.5. The largest absolute Gasteiger partial charge is 0.377 e. The Labute approximate surface area is 118 Å². The molecule has 1 N–H and O–H groups in total. The number of nitrogens with one attached hydrogen (secondary N) is 1. The standard InChI is InChI=1S/C14H20ClNOS/c1-3-17-10(2)9-16-13-6-7-18-14-5-4-11(15)8-12(13)14/h4-5,8,10,13,16H,3,6-7,9H2,1-2H3. The molecule has 100 valence electrons. The van der Waals surface area contributed by atoms with Crippen molar-refractivity contribution in [2.75, 3.05) is 18.9 Å². The first-order valence-corrected chi connectivity index (χ1v) is 7.84. The van der Waals surface area contributed by atoms with E-state index in [4.69, 9.17) is 16.3 Å². The molecule has 2 unspecified atom stereocenters. The lowest BCUT2D eigenvalue weighted by molar-refractivity contribution is 0.0737. The number of benzene rings is 1. The van der Waals surface area contributed by atoms with E-state index < -0.39 is 0 Å². The van der Waals surface area contributed by atoms with Gasteiger partial charge in [0.25, 0.3) is 0 Å². The Morgan fingerprint density at radius 2 is 2.39 bits per heavy atom. The summed E-state index contributed by atoms with van der Waals surface area (Å²) in [5.74, 6) is 1.16. The molecule has 0 bridgehead atoms. The molecule has 4 heteroatoms. The molecular weight excluding hydrogens is 266 g/mol. The zero-order chi connectivity index (χ0) is 13.0. The summed E-state index contributed by atoms with van der Waals surface area (Å²) in [6.07, 6.45) is 1.41. The number of hydrogen-bond acceptors (Lipinski definition) is 3. The maximum Gasteiger partial charge on any atom is 0.0671 e. The van der Waals surface area contributed by atoms with Crippen molar-refractivity contribution >= 4 is 23.4 Å². The van der Waals surface area contributed by atoms with Crippen LogP contribution in [0.15, 0.2) is 23.1 Å². The summed E-state index contributed by atoms with van der Waals surface area (Å²) in [5.41, 5.74) is 1.34. The van der Waals surface area contributed by atoms with Gasteiger partial charge >= 0.3 is 0 Å². The van der Waals surface area contributed by atoms with E-state index in [1.807, 2.05) is 24.8 Å². The Morgan fingerprint density at radius 3 is 3.17 bits per heavy atom. The lowest BCUT2D eigenvalue weighted by atomic mass is 10.0. The fraction of sp³-hybridized carbons (Fsp3) is 0.571. The Bertz CT molecular complexity index is 399. The molecule has 0 saturated heterocycles. The molecule has 0 fully saturated rings. The van der Waals surface area contributed by atoms with Gasteiger partial charge in [0.2, 0.25) is 0 Å². The van der Waals surface area contributed by atoms with Gasteiger partial charge in [-0.15, -0.1) is 11.8 Å². The Hall–Kier alpha value is -0.220. The number of fused-ring (bicyclic) bond motifs is 1. The molecule has 2 rings (SSSR count). The van der Waals surface area contributed by atoms with Crippen molar-refractivity contribution in [2.24, 2.45) is 0 Å². The van der Waals surface area contributed by atoms with Crippen LogP contribution in [0.1, 0.15) is 31.9 Å². The average Bonchev–Trinajstić information content (AvgIpc) is 2.36. The van der Waals surface area contributed by atoms with E-state index in [-0.39, 0.29) is 6.10 Å². The summed E-state index contributed by atoms with van der Waals surface area (Å²) in [7, 11) is 0. The van der Waals surface area contributed by atoms with Gasteiger partial charge in [-0.2, -0.15) is 0 Å². The summed E-state index contributed by atoms with van der Waals surface area (Å²) in [4.78, 5) is 1.35. The number of hydrogen-bond donors (Lipinski definition) is 1. The van der Waals surface area contributed by atoms with Crippen LogP contribution in [0.5, 0.6) is 0 Å². The van der Waals surface area contributed by atoms with Crippen molar-refractivity contribution in [3.63, 3.8) is 0 Å². The SMILES string of the molecule is CCOC(C)CNC1CCSc2ccc(Cl)cc21. The molecule has 1 aliphatic rings. The van der Waals surface area contributed by atoms with Gasteiger partial charge in [-0.3, -0.25) is 0 Å². The molecular formula is C14H20ClNOS. The topological polar surface area (TPSA) is 21.3 Å². The van der Waals surface area contributed by atoms with Crippen molar-refractivity contribution in [3.05, 3.63) is 28.8 Å². The lowest BCUT2D eigenvalue weighted by Gasteiger charge is -2.27. The number of thioether (sulfide) groups is 1. The molecule has 2 atom stereocenters. The molecule has 0 aromatic heterocycles. The minimum Gasteiger partial charge on any atom is -0.377 e. The predicted octanol–water partition coefficient (Wildman–Crippen LogP) is 3.89. The predicted molar refractivity (Wildman–Crippen MR) is 78.6 cm³/mol. The van der Waals surface area contributed by atoms with E-state index in [2.05, 4.69) is 24.4 Å². The zero-order valence-corrected chi connectivity index (χ0v) is 12.5. The molecule has 18 heavy (non-hydrogen) atoms. The summed E-state index contributed by atoms with van der Waals surface area (Å²) in [6.45, 7) is 5.79. The van der Waals surface area contributed by atoms with Gasteiger partial charge in [0.1, 0.15) is 0 Å². The molecule has 1 aromatic carbocycles. The van der Waals surface area contributed by atoms with Crippen LogP contribution in [0.2, 0.25) is 5.02 Å². The molecule has 1 aromatic rings. The van der Waals surface area contributed by atoms with Gasteiger partial charge in [-0.1, -0.05) is 11.6 Å². The molecule has 0 spiro atoms. The highest BCUT2D eigenvalue weighted by atomic mass is 35.5. The minimum atomic E-state index is 0.257. The van der Waals surface area contributed by atoms with Gasteiger partial charge in [0, 0.05) is 29.1 Å². The van der Waals surface area contributed by atoms with Gasteiger partial charge in [0.05, 0.1) is 6.10 Å². The van der Waals surface area contributed by atoms with Crippen LogP contribution in [-0.2, 0) is 4.74 Å². The van der Waals surface area contributed by atoms with E-state index in [1.54, 1.807) is 0 Å². The third kappa shape index (κ3) is 3.64. The zero-order valence-electron chi connectivity index (χ0n) is 10.9. The number of rotatable bonds is 5. The highest BCUT2D eigenvalue weighted by molar-refractivity contribution is 7.99. The summed E-state index contributed by atoms with van der Waals surface area (Å²) < 4.78 is 5.55. The monoisotopic (exact) mass is 285 g/mol. The van der Waals surface area contributed by atoms with Crippen LogP contribution in [-0.4, -0.2) is 25.0 Å². The average molecular weight is 286 g/mol. The van der Waals surface area contributed by atoms with E-state index in [0.29, 0.717) is 6.04 Å². The van der Waals surface area contributed by atoms with Gasteiger partial charge in [-0.05, 0) is 49.8 Å². The first-order chi connectivity index (χ1) is 8.70. The van der Waals surface area contributed by atoms with Crippen molar-refractivity contribution in [3.8, 4) is 0 Å². The molecule has 0 saturated carbocycles. The Morgan fingerprint density at radius 1 is 1.56 bits per heavy atom. The van der Waals surface area contributed by atoms with Crippen LogP contribution >= 0.6 is 23.4 Å². The Balaban J connectivity index is 2.01. The van der Waals surface area contributed by atoms with Crippen molar-refractivity contribution < 1.29 is 4.74 Å². The fourth-order valence-corrected chi connectivity index (χ4v) is 3.52. The second kappa shape index (κ2) is 6.80. The lowest BCUT2D eigenvalue weighted by Crippen LogP contribution is -2.32. The van der Waals surface area contributed by atoms with Crippen LogP contribution in [0.25, 0.3) is 0 Å².